The van der Waals surface area contributed by atoms with Gasteiger partial charge in [-0.25, -0.2) is 9.59 Å². The number of aliphatic hydroxyl groups excluding tert-OH is 1. The highest BCUT2D eigenvalue weighted by molar-refractivity contribution is 5.88. The zero-order valence-corrected chi connectivity index (χ0v) is 28.8. The van der Waals surface area contributed by atoms with E-state index in [1.165, 1.54) is 26.8 Å². The van der Waals surface area contributed by atoms with Crippen molar-refractivity contribution in [2.75, 3.05) is 0 Å². The number of carbonyl (C=O) groups is 5. The summed E-state index contributed by atoms with van der Waals surface area (Å²) >= 11 is 0. The summed E-state index contributed by atoms with van der Waals surface area (Å²) in [4.78, 5) is 64.2. The van der Waals surface area contributed by atoms with Gasteiger partial charge >= 0.3 is 29.8 Å². The Morgan fingerprint density at radius 3 is 2.09 bits per heavy atom. The van der Waals surface area contributed by atoms with E-state index in [4.69, 9.17) is 18.9 Å². The van der Waals surface area contributed by atoms with E-state index >= 15 is 0 Å². The van der Waals surface area contributed by atoms with Crippen LogP contribution >= 0.6 is 0 Å². The molecule has 0 saturated heterocycles. The molecule has 0 amide bonds. The summed E-state index contributed by atoms with van der Waals surface area (Å²) in [5.41, 5.74) is -8.07. The third-order valence-corrected chi connectivity index (χ3v) is 9.34. The molecule has 13 nitrogen and oxygen atoms in total. The number of hydrogen-bond donors (Lipinski definition) is 4. The number of carbonyl (C=O) groups excluding carboxylic acids is 4. The number of hydrogen-bond acceptors (Lipinski definition) is 12. The number of aliphatic carboxylic acids is 1. The van der Waals surface area contributed by atoms with Crippen LogP contribution in [0.1, 0.15) is 113 Å². The number of fused-ring (bicyclic) bond motifs is 1. The molecule has 2 aliphatic carbocycles. The fourth-order valence-electron chi connectivity index (χ4n) is 6.57. The lowest BCUT2D eigenvalue weighted by atomic mass is 9.73. The first kappa shape index (κ1) is 39.9. The van der Waals surface area contributed by atoms with Gasteiger partial charge in [-0.15, -0.1) is 0 Å². The molecule has 2 aliphatic rings. The molecule has 13 heteroatoms. The molecule has 0 spiro atoms. The summed E-state index contributed by atoms with van der Waals surface area (Å²) < 4.78 is 23.2. The van der Waals surface area contributed by atoms with E-state index in [-0.39, 0.29) is 29.6 Å². The summed E-state index contributed by atoms with van der Waals surface area (Å²) in [6, 6.07) is 0. The van der Waals surface area contributed by atoms with E-state index in [1.54, 1.807) is 13.8 Å². The number of esters is 4. The molecule has 0 aliphatic heterocycles. The van der Waals surface area contributed by atoms with Crippen molar-refractivity contribution in [1.29, 1.82) is 0 Å². The first-order chi connectivity index (χ1) is 21.8. The fourth-order valence-corrected chi connectivity index (χ4v) is 6.57. The molecule has 0 aromatic carbocycles. The van der Waals surface area contributed by atoms with Gasteiger partial charge in [-0.1, -0.05) is 45.6 Å². The topological polar surface area (TPSA) is 203 Å². The minimum atomic E-state index is -3.15. The van der Waals surface area contributed by atoms with Crippen LogP contribution in [0.5, 0.6) is 0 Å². The standard InChI is InChI=1S/C34H52O13/c1-9-12-13-14-15-17-24(37)45-28-26-25(20(5)27(28)46-30(39)19(4)11-3)29(38)34(43,33(8,42)31(40)41)22(44-23(36)16-10-2)18-32(26,7)47-21(6)35/h11,22,26-29,38,42-43H,9-10,12-18H2,1-8H3,(H,40,41)/b19-11-/t22-,26+,27-,28-,29-,32-,33+,34+/m0/s1. The van der Waals surface area contributed by atoms with Gasteiger partial charge in [0.25, 0.3) is 0 Å². The van der Waals surface area contributed by atoms with Crippen LogP contribution in [0, 0.1) is 5.92 Å². The second-order valence-corrected chi connectivity index (χ2v) is 13.0. The molecule has 1 saturated carbocycles. The maximum atomic E-state index is 13.3. The lowest BCUT2D eigenvalue weighted by Crippen LogP contribution is -2.70. The molecule has 266 valence electrons. The highest BCUT2D eigenvalue weighted by atomic mass is 16.6. The van der Waals surface area contributed by atoms with Crippen LogP contribution in [-0.4, -0.2) is 91.5 Å². The summed E-state index contributed by atoms with van der Waals surface area (Å²) in [6.45, 7) is 11.5. The maximum Gasteiger partial charge on any atom is 0.338 e. The van der Waals surface area contributed by atoms with Gasteiger partial charge < -0.3 is 39.4 Å². The van der Waals surface area contributed by atoms with Crippen molar-refractivity contribution in [1.82, 2.24) is 0 Å². The molecule has 8 atom stereocenters. The Morgan fingerprint density at radius 2 is 1.55 bits per heavy atom. The summed E-state index contributed by atoms with van der Waals surface area (Å²) in [5, 5.41) is 45.6. The highest BCUT2D eigenvalue weighted by Gasteiger charge is 2.71. The molecule has 1 fully saturated rings. The zero-order chi connectivity index (χ0) is 35.9. The molecule has 0 aromatic heterocycles. The van der Waals surface area contributed by atoms with Crippen LogP contribution in [0.15, 0.2) is 22.8 Å². The number of allylic oxidation sites excluding steroid dienone is 1. The van der Waals surface area contributed by atoms with E-state index in [2.05, 4.69) is 6.92 Å². The third kappa shape index (κ3) is 8.42. The molecular formula is C34H52O13. The molecule has 2 rings (SSSR count). The average Bonchev–Trinajstić information content (AvgIpc) is 3.21. The van der Waals surface area contributed by atoms with E-state index in [9.17, 15) is 44.4 Å². The first-order valence-electron chi connectivity index (χ1n) is 16.3. The van der Waals surface area contributed by atoms with Gasteiger partial charge in [0.15, 0.2) is 23.4 Å². The zero-order valence-electron chi connectivity index (χ0n) is 28.8. The van der Waals surface area contributed by atoms with Gasteiger partial charge in [0, 0.05) is 31.8 Å². The van der Waals surface area contributed by atoms with Crippen LogP contribution in [0.25, 0.3) is 0 Å². The number of carboxylic acid groups (broad SMARTS) is 1. The Labute approximate surface area is 276 Å². The minimum Gasteiger partial charge on any atom is -0.479 e. The van der Waals surface area contributed by atoms with Gasteiger partial charge in [0.05, 0.1) is 5.92 Å². The SMILES string of the molecule is C/C=C(/C)C(=O)O[C@H]1C(C)=C2[C@H]([C@@H]1OC(=O)CCCCCCC)[C@@](C)(OC(C)=O)C[C@H](OC(=O)CCC)[C@](O)([C@](C)(O)C(=O)O)[C@H]2O. The van der Waals surface area contributed by atoms with Crippen molar-refractivity contribution >= 4 is 29.8 Å². The summed E-state index contributed by atoms with van der Waals surface area (Å²) in [6.07, 6.45) is -1.79. The normalized spacial score (nSPS) is 30.4. The van der Waals surface area contributed by atoms with Crippen LogP contribution in [0.3, 0.4) is 0 Å². The van der Waals surface area contributed by atoms with Gasteiger partial charge in [-0.05, 0) is 58.6 Å². The van der Waals surface area contributed by atoms with Crippen molar-refractivity contribution in [2.24, 2.45) is 5.92 Å². The highest BCUT2D eigenvalue weighted by Crippen LogP contribution is 2.54. The molecular weight excluding hydrogens is 616 g/mol. The molecule has 0 unspecified atom stereocenters. The van der Waals surface area contributed by atoms with Crippen LogP contribution in [0.2, 0.25) is 0 Å². The summed E-state index contributed by atoms with van der Waals surface area (Å²) in [7, 11) is 0. The molecule has 0 bridgehead atoms. The lowest BCUT2D eigenvalue weighted by molar-refractivity contribution is -0.247. The molecule has 4 N–H and O–H groups in total. The summed E-state index contributed by atoms with van der Waals surface area (Å²) in [5.74, 6) is -6.44. The predicted octanol–water partition coefficient (Wildman–Crippen LogP) is 3.45. The number of carboxylic acids is 1. The van der Waals surface area contributed by atoms with E-state index in [0.717, 1.165) is 39.5 Å². The molecule has 0 heterocycles. The van der Waals surface area contributed by atoms with Gasteiger partial charge in [0.1, 0.15) is 17.8 Å². The van der Waals surface area contributed by atoms with Crippen LogP contribution in [-0.2, 0) is 42.9 Å². The number of ether oxygens (including phenoxy) is 4. The minimum absolute atomic E-state index is 0.0115. The second kappa shape index (κ2) is 16.2. The van der Waals surface area contributed by atoms with E-state index in [0.29, 0.717) is 12.8 Å². The Balaban J connectivity index is 2.86. The maximum absolute atomic E-state index is 13.3. The van der Waals surface area contributed by atoms with Crippen molar-refractivity contribution in [3.63, 3.8) is 0 Å². The largest absolute Gasteiger partial charge is 0.479 e. The van der Waals surface area contributed by atoms with Crippen molar-refractivity contribution < 1.29 is 63.3 Å². The molecule has 47 heavy (non-hydrogen) atoms. The third-order valence-electron chi connectivity index (χ3n) is 9.34. The molecule has 0 radical (unpaired) electrons. The van der Waals surface area contributed by atoms with Gasteiger partial charge in [0.2, 0.25) is 0 Å². The van der Waals surface area contributed by atoms with E-state index in [1.807, 2.05) is 0 Å². The molecule has 0 aromatic rings. The predicted molar refractivity (Wildman–Crippen MR) is 168 cm³/mol. The average molecular weight is 669 g/mol. The number of unbranched alkanes of at least 4 members (excludes halogenated alkanes) is 4. The Hall–Kier alpha value is -3.29. The number of aliphatic hydroxyl groups is 3. The quantitative estimate of drug-likeness (QED) is 0.0650. The van der Waals surface area contributed by atoms with Crippen molar-refractivity contribution in [3.05, 3.63) is 22.8 Å². The second-order valence-electron chi connectivity index (χ2n) is 13.0. The van der Waals surface area contributed by atoms with Gasteiger partial charge in [-0.3, -0.25) is 14.4 Å². The smallest absolute Gasteiger partial charge is 0.338 e. The lowest BCUT2D eigenvalue weighted by Gasteiger charge is -2.45. The monoisotopic (exact) mass is 668 g/mol. The Kier molecular flexibility index (Phi) is 13.8. The Morgan fingerprint density at radius 1 is 0.957 bits per heavy atom. The van der Waals surface area contributed by atoms with Crippen LogP contribution in [0.4, 0.5) is 0 Å². The fraction of sp³-hybridized carbons (Fsp3) is 0.735. The Bertz CT molecular complexity index is 1250. The van der Waals surface area contributed by atoms with Gasteiger partial charge in [-0.2, -0.15) is 0 Å². The van der Waals surface area contributed by atoms with Crippen LogP contribution < -0.4 is 0 Å². The van der Waals surface area contributed by atoms with E-state index < -0.39 is 83.4 Å². The van der Waals surface area contributed by atoms with Crippen molar-refractivity contribution in [2.45, 2.75) is 154 Å². The van der Waals surface area contributed by atoms with Crippen molar-refractivity contribution in [3.8, 4) is 0 Å². The first-order valence-corrected chi connectivity index (χ1v) is 16.3. The number of rotatable bonds is 15.